The van der Waals surface area contributed by atoms with Crippen molar-refractivity contribution in [3.8, 4) is 0 Å². The van der Waals surface area contributed by atoms with Crippen LogP contribution in [0.2, 0.25) is 0 Å². The monoisotopic (exact) mass is 644 g/mol. The molecule has 11 nitrogen and oxygen atoms in total. The highest BCUT2D eigenvalue weighted by Crippen LogP contribution is 2.16. The number of fused-ring (bicyclic) bond motifs is 1. The number of carbonyl (C=O) groups is 2. The number of esters is 2. The predicted molar refractivity (Wildman–Crippen MR) is 184 cm³/mol. The van der Waals surface area contributed by atoms with E-state index in [0.717, 1.165) is 12.8 Å². The van der Waals surface area contributed by atoms with Crippen molar-refractivity contribution >= 4 is 29.1 Å². The Morgan fingerprint density at radius 3 is 2.11 bits per heavy atom. The third-order valence-electron chi connectivity index (χ3n) is 8.40. The fraction of sp³-hybridized carbons (Fsp3) is 0.743. The van der Waals surface area contributed by atoms with Crippen LogP contribution in [-0.4, -0.2) is 50.7 Å². The summed E-state index contributed by atoms with van der Waals surface area (Å²) in [5, 5.41) is 0. The van der Waals surface area contributed by atoms with Crippen LogP contribution in [0.25, 0.3) is 11.2 Å². The molecule has 5 N–H and O–H groups in total. The number of aromatic amines is 1. The smallest absolute Gasteiger partial charge is 0.330 e. The second-order valence-electron chi connectivity index (χ2n) is 12.9. The normalized spacial score (nSPS) is 13.1. The third kappa shape index (κ3) is 15.9. The molecule has 0 aliphatic carbocycles. The first-order chi connectivity index (χ1) is 22.2. The van der Waals surface area contributed by atoms with Crippen molar-refractivity contribution in [1.82, 2.24) is 19.5 Å². The van der Waals surface area contributed by atoms with E-state index in [1.165, 1.54) is 102 Å². The zero-order valence-corrected chi connectivity index (χ0v) is 28.6. The number of unbranched alkanes of at least 4 members (excludes halogenated alkanes) is 15. The van der Waals surface area contributed by atoms with E-state index in [-0.39, 0.29) is 36.5 Å². The van der Waals surface area contributed by atoms with Crippen molar-refractivity contribution in [3.05, 3.63) is 28.8 Å². The zero-order chi connectivity index (χ0) is 33.6. The molecule has 2 aromatic rings. The maximum absolute atomic E-state index is 12.4. The first-order valence-corrected chi connectivity index (χ1v) is 17.7. The maximum Gasteiger partial charge on any atom is 0.330 e. The highest BCUT2D eigenvalue weighted by atomic mass is 16.5. The number of H-pyrrole nitrogens is 1. The van der Waals surface area contributed by atoms with Crippen LogP contribution in [0.1, 0.15) is 130 Å². The quantitative estimate of drug-likeness (QED) is 0.0581. The molecule has 0 aromatic carbocycles. The number of ether oxygens (including phenoxy) is 2. The molecule has 260 valence electrons. The second kappa shape index (κ2) is 23.2. The van der Waals surface area contributed by atoms with Gasteiger partial charge in [0, 0.05) is 18.5 Å². The van der Waals surface area contributed by atoms with Gasteiger partial charge in [-0.3, -0.25) is 14.6 Å². The molecule has 0 saturated carbocycles. The van der Waals surface area contributed by atoms with Crippen molar-refractivity contribution in [3.63, 3.8) is 0 Å². The Labute approximate surface area is 275 Å². The number of anilines is 1. The summed E-state index contributed by atoms with van der Waals surface area (Å²) in [4.78, 5) is 47.6. The summed E-state index contributed by atoms with van der Waals surface area (Å²) in [6, 6.07) is -0.734. The molecule has 0 amide bonds. The Balaban J connectivity index is 1.64. The summed E-state index contributed by atoms with van der Waals surface area (Å²) in [6.07, 6.45) is 26.0. The van der Waals surface area contributed by atoms with Gasteiger partial charge in [0.05, 0.1) is 19.5 Å². The molecule has 0 aliphatic rings. The van der Waals surface area contributed by atoms with E-state index in [0.29, 0.717) is 18.6 Å². The molecule has 0 spiro atoms. The van der Waals surface area contributed by atoms with Gasteiger partial charge in [0.15, 0.2) is 11.2 Å². The number of rotatable bonds is 26. The van der Waals surface area contributed by atoms with E-state index < -0.39 is 23.5 Å². The van der Waals surface area contributed by atoms with E-state index in [4.69, 9.17) is 20.9 Å². The Morgan fingerprint density at radius 2 is 1.52 bits per heavy atom. The number of aromatic nitrogens is 4. The van der Waals surface area contributed by atoms with Crippen LogP contribution in [0.15, 0.2) is 23.3 Å². The van der Waals surface area contributed by atoms with E-state index in [1.807, 2.05) is 19.9 Å². The molecular weight excluding hydrogens is 584 g/mol. The number of carbonyl (C=O) groups excluding carboxylic acids is 2. The lowest BCUT2D eigenvalue weighted by Gasteiger charge is -2.20. The van der Waals surface area contributed by atoms with Gasteiger partial charge in [-0.15, -0.1) is 0 Å². The van der Waals surface area contributed by atoms with Crippen LogP contribution in [-0.2, 0) is 25.6 Å². The average molecular weight is 645 g/mol. The number of allylic oxidation sites excluding steroid dienone is 1. The predicted octanol–water partition coefficient (Wildman–Crippen LogP) is 6.60. The van der Waals surface area contributed by atoms with Crippen molar-refractivity contribution < 1.29 is 19.1 Å². The van der Waals surface area contributed by atoms with E-state index in [1.54, 1.807) is 4.57 Å². The minimum Gasteiger partial charge on any atom is -0.464 e. The molecule has 0 radical (unpaired) electrons. The van der Waals surface area contributed by atoms with E-state index in [9.17, 15) is 14.4 Å². The summed E-state index contributed by atoms with van der Waals surface area (Å²) in [7, 11) is 0. The number of nitrogens with one attached hydrogen (secondary N) is 1. The molecular formula is C35H60N6O5. The summed E-state index contributed by atoms with van der Waals surface area (Å²) in [5.41, 5.74) is 11.7. The van der Waals surface area contributed by atoms with Gasteiger partial charge in [-0.2, -0.15) is 4.98 Å². The van der Waals surface area contributed by atoms with Crippen LogP contribution < -0.4 is 17.0 Å². The molecule has 2 aromatic heterocycles. The van der Waals surface area contributed by atoms with Crippen LogP contribution in [0, 0.1) is 11.8 Å². The Hall–Kier alpha value is -3.21. The first kappa shape index (κ1) is 39.0. The van der Waals surface area contributed by atoms with Gasteiger partial charge in [-0.1, -0.05) is 117 Å². The molecule has 46 heavy (non-hydrogen) atoms. The summed E-state index contributed by atoms with van der Waals surface area (Å²) >= 11 is 0. The molecule has 0 saturated heterocycles. The summed E-state index contributed by atoms with van der Waals surface area (Å²) in [6.45, 7) is 6.49. The third-order valence-corrected chi connectivity index (χ3v) is 8.40. The lowest BCUT2D eigenvalue weighted by atomic mass is 10.0. The maximum atomic E-state index is 12.4. The fourth-order valence-corrected chi connectivity index (χ4v) is 5.37. The fourth-order valence-electron chi connectivity index (χ4n) is 5.37. The number of hydrogen-bond donors (Lipinski definition) is 3. The topological polar surface area (TPSA) is 168 Å². The van der Waals surface area contributed by atoms with Crippen LogP contribution in [0.3, 0.4) is 0 Å². The van der Waals surface area contributed by atoms with Crippen molar-refractivity contribution in [2.75, 3.05) is 18.9 Å². The number of imidazole rings is 1. The van der Waals surface area contributed by atoms with Gasteiger partial charge < -0.3 is 25.5 Å². The Kier molecular flexibility index (Phi) is 19.6. The van der Waals surface area contributed by atoms with Crippen molar-refractivity contribution in [1.29, 1.82) is 0 Å². The SMILES string of the molecule is CCCCCCCCCCCCCCCCCC=CC(=O)OCC[C@@H](COC(=O)[C@@H](N)C(C)C)Cn1cnc2c(=O)[nH]c(N)nc21. The molecule has 2 atom stereocenters. The van der Waals surface area contributed by atoms with Gasteiger partial charge in [-0.05, 0) is 25.2 Å². The lowest BCUT2D eigenvalue weighted by Crippen LogP contribution is -2.38. The van der Waals surface area contributed by atoms with Gasteiger partial charge in [0.2, 0.25) is 5.95 Å². The minimum absolute atomic E-state index is 0.0183. The molecule has 11 heteroatoms. The van der Waals surface area contributed by atoms with Gasteiger partial charge in [0.25, 0.3) is 5.56 Å². The first-order valence-electron chi connectivity index (χ1n) is 17.7. The summed E-state index contributed by atoms with van der Waals surface area (Å²) in [5.74, 6) is -1.22. The summed E-state index contributed by atoms with van der Waals surface area (Å²) < 4.78 is 12.6. The number of nitrogens with zero attached hydrogens (tertiary/aromatic N) is 3. The largest absolute Gasteiger partial charge is 0.464 e. The Bertz CT molecular complexity index is 1220. The van der Waals surface area contributed by atoms with Crippen LogP contribution in [0.5, 0.6) is 0 Å². The highest BCUT2D eigenvalue weighted by Gasteiger charge is 2.22. The molecule has 0 bridgehead atoms. The number of nitrogens with two attached hydrogens (primary N) is 2. The van der Waals surface area contributed by atoms with Crippen LogP contribution in [0.4, 0.5) is 5.95 Å². The molecule has 0 unspecified atom stereocenters. The molecule has 2 heterocycles. The molecule has 0 fully saturated rings. The van der Waals surface area contributed by atoms with E-state index >= 15 is 0 Å². The van der Waals surface area contributed by atoms with Crippen LogP contribution >= 0.6 is 0 Å². The van der Waals surface area contributed by atoms with Gasteiger partial charge in [0.1, 0.15) is 6.04 Å². The zero-order valence-electron chi connectivity index (χ0n) is 28.6. The van der Waals surface area contributed by atoms with Gasteiger partial charge >= 0.3 is 11.9 Å². The standard InChI is InChI=1S/C35H60N6O5/c1-4-5-6-7-8-9-10-11-12-13-14-15-16-17-18-19-20-21-29(42)45-23-22-28(25-46-34(44)30(36)27(2)3)24-41-26-38-31-32(41)39-35(37)40-33(31)43/h20-21,26-28,30H,4-19,22-25,36H2,1-3H3,(H3,37,39,40,43)/t28-,30+/m1/s1. The van der Waals surface area contributed by atoms with E-state index in [2.05, 4.69) is 21.9 Å². The second-order valence-corrected chi connectivity index (χ2v) is 12.9. The Morgan fingerprint density at radius 1 is 0.935 bits per heavy atom. The lowest BCUT2D eigenvalue weighted by molar-refractivity contribution is -0.148. The number of hydrogen-bond acceptors (Lipinski definition) is 9. The number of nitrogen functional groups attached to an aromatic ring is 1. The molecule has 0 aliphatic heterocycles. The highest BCUT2D eigenvalue weighted by molar-refractivity contribution is 5.81. The molecule has 2 rings (SSSR count). The van der Waals surface area contributed by atoms with Gasteiger partial charge in [-0.25, -0.2) is 9.78 Å². The van der Waals surface area contributed by atoms with Crippen molar-refractivity contribution in [2.45, 2.75) is 143 Å². The minimum atomic E-state index is -0.734. The average Bonchev–Trinajstić information content (AvgIpc) is 3.43. The van der Waals surface area contributed by atoms with Crippen molar-refractivity contribution in [2.24, 2.45) is 17.6 Å².